The second-order valence-electron chi connectivity index (χ2n) is 3.71. The van der Waals surface area contributed by atoms with E-state index in [4.69, 9.17) is 16.0 Å². The number of hydrogen-bond donors (Lipinski definition) is 1. The Labute approximate surface area is 109 Å². The van der Waals surface area contributed by atoms with E-state index in [9.17, 15) is 10.1 Å². The molecule has 0 radical (unpaired) electrons. The summed E-state index contributed by atoms with van der Waals surface area (Å²) in [7, 11) is 0. The van der Waals surface area contributed by atoms with Crippen LogP contribution in [0.5, 0.6) is 0 Å². The topological polar surface area (TPSA) is 68.3 Å². The van der Waals surface area contributed by atoms with Gasteiger partial charge in [0.1, 0.15) is 5.76 Å². The summed E-state index contributed by atoms with van der Waals surface area (Å²) in [6.07, 6.45) is 1.58. The normalized spacial score (nSPS) is 10.5. The number of rotatable bonds is 5. The molecule has 1 aromatic carbocycles. The molecule has 0 aliphatic heterocycles. The standard InChI is InChI=1S/C12H11ClN2O3/c13-10-3-4-12(15(16)17)9(6-10)7-14-8-11-2-1-5-18-11/h1-6,14H,7-8H2. The van der Waals surface area contributed by atoms with Crippen LogP contribution in [-0.2, 0) is 13.1 Å². The van der Waals surface area contributed by atoms with Crippen molar-refractivity contribution >= 4 is 17.3 Å². The third-order valence-corrected chi connectivity index (χ3v) is 2.67. The average Bonchev–Trinajstić information content (AvgIpc) is 2.82. The van der Waals surface area contributed by atoms with Gasteiger partial charge in [0.05, 0.1) is 17.7 Å². The minimum Gasteiger partial charge on any atom is -0.468 e. The molecular formula is C12H11ClN2O3. The maximum Gasteiger partial charge on any atom is 0.273 e. The van der Waals surface area contributed by atoms with Gasteiger partial charge in [-0.1, -0.05) is 11.6 Å². The molecule has 6 heteroatoms. The van der Waals surface area contributed by atoms with E-state index >= 15 is 0 Å². The maximum absolute atomic E-state index is 10.8. The Kier molecular flexibility index (Phi) is 3.96. The van der Waals surface area contributed by atoms with Gasteiger partial charge in [-0.2, -0.15) is 0 Å². The van der Waals surface area contributed by atoms with E-state index in [-0.39, 0.29) is 5.69 Å². The molecular weight excluding hydrogens is 256 g/mol. The molecule has 1 aromatic heterocycles. The molecule has 0 aliphatic rings. The minimum atomic E-state index is -0.416. The van der Waals surface area contributed by atoms with E-state index in [0.717, 1.165) is 5.76 Å². The Balaban J connectivity index is 2.03. The van der Waals surface area contributed by atoms with Gasteiger partial charge in [0.15, 0.2) is 0 Å². The fraction of sp³-hybridized carbons (Fsp3) is 0.167. The summed E-state index contributed by atoms with van der Waals surface area (Å²) in [6.45, 7) is 0.869. The molecule has 0 aliphatic carbocycles. The van der Waals surface area contributed by atoms with Crippen LogP contribution in [0.3, 0.4) is 0 Å². The Morgan fingerprint density at radius 1 is 1.33 bits per heavy atom. The largest absolute Gasteiger partial charge is 0.468 e. The van der Waals surface area contributed by atoms with Crippen molar-refractivity contribution in [3.05, 3.63) is 63.1 Å². The molecule has 0 spiro atoms. The number of furan rings is 1. The van der Waals surface area contributed by atoms with E-state index in [2.05, 4.69) is 5.32 Å². The third kappa shape index (κ3) is 3.09. The highest BCUT2D eigenvalue weighted by Gasteiger charge is 2.13. The van der Waals surface area contributed by atoms with Crippen LogP contribution in [0.1, 0.15) is 11.3 Å². The number of benzene rings is 1. The lowest BCUT2D eigenvalue weighted by Gasteiger charge is -2.04. The van der Waals surface area contributed by atoms with Gasteiger partial charge in [-0.15, -0.1) is 0 Å². The predicted octanol–water partition coefficient (Wildman–Crippen LogP) is 3.13. The summed E-state index contributed by atoms with van der Waals surface area (Å²) >= 11 is 5.83. The third-order valence-electron chi connectivity index (χ3n) is 2.43. The number of nitrogens with one attached hydrogen (secondary N) is 1. The van der Waals surface area contributed by atoms with Crippen LogP contribution < -0.4 is 5.32 Å². The highest BCUT2D eigenvalue weighted by atomic mass is 35.5. The highest BCUT2D eigenvalue weighted by Crippen LogP contribution is 2.22. The summed E-state index contributed by atoms with van der Waals surface area (Å²) in [5.41, 5.74) is 0.616. The maximum atomic E-state index is 10.8. The minimum absolute atomic E-state index is 0.0614. The summed E-state index contributed by atoms with van der Waals surface area (Å²) < 4.78 is 5.15. The first-order valence-electron chi connectivity index (χ1n) is 5.33. The van der Waals surface area contributed by atoms with Crippen LogP contribution >= 0.6 is 11.6 Å². The van der Waals surface area contributed by atoms with Gasteiger partial charge in [-0.05, 0) is 24.3 Å². The SMILES string of the molecule is O=[N+]([O-])c1ccc(Cl)cc1CNCc1ccco1. The lowest BCUT2D eigenvalue weighted by atomic mass is 10.2. The van der Waals surface area contributed by atoms with Gasteiger partial charge in [0.2, 0.25) is 0 Å². The van der Waals surface area contributed by atoms with Crippen LogP contribution in [-0.4, -0.2) is 4.92 Å². The van der Waals surface area contributed by atoms with Gasteiger partial charge in [-0.25, -0.2) is 0 Å². The number of nitrogens with zero attached hydrogens (tertiary/aromatic N) is 1. The molecule has 1 N–H and O–H groups in total. The molecule has 1 heterocycles. The van der Waals surface area contributed by atoms with Crippen LogP contribution in [0.2, 0.25) is 5.02 Å². The molecule has 2 rings (SSSR count). The van der Waals surface area contributed by atoms with Gasteiger partial charge < -0.3 is 9.73 Å². The van der Waals surface area contributed by atoms with Crippen molar-refractivity contribution in [3.63, 3.8) is 0 Å². The Morgan fingerprint density at radius 2 is 2.17 bits per heavy atom. The van der Waals surface area contributed by atoms with Crippen LogP contribution in [0.25, 0.3) is 0 Å². The fourth-order valence-electron chi connectivity index (χ4n) is 1.61. The van der Waals surface area contributed by atoms with Crippen molar-refractivity contribution in [1.82, 2.24) is 5.32 Å². The van der Waals surface area contributed by atoms with Gasteiger partial charge in [0.25, 0.3) is 5.69 Å². The molecule has 5 nitrogen and oxygen atoms in total. The van der Waals surface area contributed by atoms with Crippen molar-refractivity contribution in [2.45, 2.75) is 13.1 Å². The van der Waals surface area contributed by atoms with E-state index in [0.29, 0.717) is 23.7 Å². The molecule has 2 aromatic rings. The zero-order valence-corrected chi connectivity index (χ0v) is 10.2. The number of halogens is 1. The monoisotopic (exact) mass is 266 g/mol. The zero-order valence-electron chi connectivity index (χ0n) is 9.43. The average molecular weight is 267 g/mol. The van der Waals surface area contributed by atoms with E-state index in [1.54, 1.807) is 18.4 Å². The van der Waals surface area contributed by atoms with Crippen molar-refractivity contribution in [2.75, 3.05) is 0 Å². The number of nitro benzene ring substituents is 1. The second kappa shape index (κ2) is 5.66. The quantitative estimate of drug-likeness (QED) is 0.667. The molecule has 0 bridgehead atoms. The molecule has 94 valence electrons. The van der Waals surface area contributed by atoms with Crippen molar-refractivity contribution in [2.24, 2.45) is 0 Å². The summed E-state index contributed by atoms with van der Waals surface area (Å²) in [5.74, 6) is 0.777. The van der Waals surface area contributed by atoms with Gasteiger partial charge >= 0.3 is 0 Å². The summed E-state index contributed by atoms with van der Waals surface area (Å²) in [6, 6.07) is 8.13. The molecule has 0 fully saturated rings. The second-order valence-corrected chi connectivity index (χ2v) is 4.15. The van der Waals surface area contributed by atoms with Gasteiger partial charge in [0, 0.05) is 23.2 Å². The summed E-state index contributed by atoms with van der Waals surface area (Å²) in [4.78, 5) is 10.4. The first-order chi connectivity index (χ1) is 8.66. The predicted molar refractivity (Wildman–Crippen MR) is 67.4 cm³/mol. The lowest BCUT2D eigenvalue weighted by molar-refractivity contribution is -0.385. The van der Waals surface area contributed by atoms with E-state index < -0.39 is 4.92 Å². The molecule has 0 atom stereocenters. The number of hydrogen-bond acceptors (Lipinski definition) is 4. The molecule has 0 saturated carbocycles. The smallest absolute Gasteiger partial charge is 0.273 e. The highest BCUT2D eigenvalue weighted by molar-refractivity contribution is 6.30. The van der Waals surface area contributed by atoms with Crippen LogP contribution in [0, 0.1) is 10.1 Å². The van der Waals surface area contributed by atoms with Crippen LogP contribution in [0.4, 0.5) is 5.69 Å². The summed E-state index contributed by atoms with van der Waals surface area (Å²) in [5, 5.41) is 14.4. The van der Waals surface area contributed by atoms with E-state index in [1.807, 2.05) is 6.07 Å². The van der Waals surface area contributed by atoms with Crippen molar-refractivity contribution < 1.29 is 9.34 Å². The first kappa shape index (κ1) is 12.6. The Hall–Kier alpha value is -1.85. The van der Waals surface area contributed by atoms with Crippen molar-refractivity contribution in [1.29, 1.82) is 0 Å². The first-order valence-corrected chi connectivity index (χ1v) is 5.70. The van der Waals surface area contributed by atoms with Crippen molar-refractivity contribution in [3.8, 4) is 0 Å². The van der Waals surface area contributed by atoms with Crippen LogP contribution in [0.15, 0.2) is 41.0 Å². The van der Waals surface area contributed by atoms with E-state index in [1.165, 1.54) is 12.1 Å². The zero-order chi connectivity index (χ0) is 13.0. The number of nitro groups is 1. The molecule has 18 heavy (non-hydrogen) atoms. The molecule has 0 saturated heterocycles. The molecule has 0 unspecified atom stereocenters. The Bertz CT molecular complexity index is 540. The Morgan fingerprint density at radius 3 is 2.83 bits per heavy atom. The lowest BCUT2D eigenvalue weighted by Crippen LogP contribution is -2.13. The fourth-order valence-corrected chi connectivity index (χ4v) is 1.80. The van der Waals surface area contributed by atoms with Gasteiger partial charge in [-0.3, -0.25) is 10.1 Å². The molecule has 0 amide bonds.